The van der Waals surface area contributed by atoms with Crippen molar-refractivity contribution in [3.63, 3.8) is 0 Å². The standard InChI is InChI=1S/C11H16N2O.C2H6/c1-3-5-8(4-2)9-6-10(7-9)11(12)13-14;1-2/h3-5,9-10,14H,1-2,6-7H2,(H2,12,13);1-2H3/b8-5+;. The van der Waals surface area contributed by atoms with Crippen molar-refractivity contribution in [2.24, 2.45) is 22.7 Å². The molecule has 1 saturated carbocycles. The minimum absolute atomic E-state index is 0.221. The van der Waals surface area contributed by atoms with Crippen molar-refractivity contribution in [2.75, 3.05) is 0 Å². The summed E-state index contributed by atoms with van der Waals surface area (Å²) >= 11 is 0. The van der Waals surface area contributed by atoms with Gasteiger partial charge in [-0.3, -0.25) is 0 Å². The van der Waals surface area contributed by atoms with Crippen LogP contribution in [-0.2, 0) is 0 Å². The van der Waals surface area contributed by atoms with Crippen molar-refractivity contribution < 1.29 is 5.21 Å². The smallest absolute Gasteiger partial charge is 0.142 e. The highest BCUT2D eigenvalue weighted by Crippen LogP contribution is 2.39. The first-order chi connectivity index (χ1) is 7.72. The van der Waals surface area contributed by atoms with E-state index >= 15 is 0 Å². The molecule has 0 spiro atoms. The molecule has 90 valence electrons. The minimum Gasteiger partial charge on any atom is -0.409 e. The lowest BCUT2D eigenvalue weighted by Gasteiger charge is -2.35. The molecule has 3 heteroatoms. The molecule has 0 aromatic carbocycles. The van der Waals surface area contributed by atoms with E-state index in [-0.39, 0.29) is 5.92 Å². The van der Waals surface area contributed by atoms with Crippen molar-refractivity contribution in [1.82, 2.24) is 0 Å². The second-order valence-electron chi connectivity index (χ2n) is 3.50. The third-order valence-corrected chi connectivity index (χ3v) is 2.69. The van der Waals surface area contributed by atoms with E-state index in [1.54, 1.807) is 6.08 Å². The summed E-state index contributed by atoms with van der Waals surface area (Å²) in [4.78, 5) is 0. The van der Waals surface area contributed by atoms with Gasteiger partial charge in [0.1, 0.15) is 5.84 Å². The maximum atomic E-state index is 8.47. The summed E-state index contributed by atoms with van der Waals surface area (Å²) in [5.74, 6) is 1.04. The number of hydrogen-bond acceptors (Lipinski definition) is 2. The Balaban J connectivity index is 0.00000106. The summed E-state index contributed by atoms with van der Waals surface area (Å²) in [6, 6.07) is 0. The highest BCUT2D eigenvalue weighted by Gasteiger charge is 2.33. The molecule has 0 aromatic heterocycles. The Morgan fingerprint density at radius 1 is 1.31 bits per heavy atom. The number of nitrogens with zero attached hydrogens (tertiary/aromatic N) is 1. The van der Waals surface area contributed by atoms with Gasteiger partial charge in [-0.15, -0.1) is 0 Å². The lowest BCUT2D eigenvalue weighted by atomic mass is 9.70. The van der Waals surface area contributed by atoms with E-state index in [0.717, 1.165) is 12.8 Å². The molecule has 0 atom stereocenters. The Kier molecular flexibility index (Phi) is 7.01. The van der Waals surface area contributed by atoms with E-state index in [2.05, 4.69) is 18.3 Å². The normalized spacial score (nSPS) is 24.9. The Morgan fingerprint density at radius 2 is 1.88 bits per heavy atom. The Morgan fingerprint density at radius 3 is 2.25 bits per heavy atom. The molecule has 1 aliphatic carbocycles. The van der Waals surface area contributed by atoms with E-state index in [4.69, 9.17) is 10.9 Å². The Hall–Kier alpha value is -1.51. The minimum atomic E-state index is 0.221. The molecule has 1 fully saturated rings. The average molecular weight is 222 g/mol. The van der Waals surface area contributed by atoms with Crippen LogP contribution in [0.2, 0.25) is 0 Å². The zero-order valence-corrected chi connectivity index (χ0v) is 10.2. The van der Waals surface area contributed by atoms with Crippen LogP contribution >= 0.6 is 0 Å². The maximum absolute atomic E-state index is 8.47. The van der Waals surface area contributed by atoms with Gasteiger partial charge in [-0.05, 0) is 24.3 Å². The molecule has 0 saturated heterocycles. The second-order valence-corrected chi connectivity index (χ2v) is 3.50. The maximum Gasteiger partial charge on any atom is 0.142 e. The van der Waals surface area contributed by atoms with Crippen LogP contribution < -0.4 is 5.73 Å². The summed E-state index contributed by atoms with van der Waals surface area (Å²) < 4.78 is 0. The molecule has 3 nitrogen and oxygen atoms in total. The Labute approximate surface area is 98.0 Å². The molecule has 0 unspecified atom stereocenters. The molecule has 0 bridgehead atoms. The number of hydrogen-bond donors (Lipinski definition) is 2. The quantitative estimate of drug-likeness (QED) is 0.252. The van der Waals surface area contributed by atoms with Gasteiger partial charge in [0.25, 0.3) is 0 Å². The van der Waals surface area contributed by atoms with Gasteiger partial charge in [0.05, 0.1) is 0 Å². The first-order valence-electron chi connectivity index (χ1n) is 5.65. The number of amidine groups is 1. The van der Waals surface area contributed by atoms with Crippen molar-refractivity contribution >= 4 is 5.84 Å². The van der Waals surface area contributed by atoms with Crippen LogP contribution in [-0.4, -0.2) is 11.0 Å². The van der Waals surface area contributed by atoms with Crippen LogP contribution in [0.25, 0.3) is 0 Å². The molecule has 0 heterocycles. The molecule has 16 heavy (non-hydrogen) atoms. The Bertz CT molecular complexity index is 286. The number of nitrogens with two attached hydrogens (primary N) is 1. The van der Waals surface area contributed by atoms with Crippen LogP contribution in [0.3, 0.4) is 0 Å². The van der Waals surface area contributed by atoms with E-state index in [1.165, 1.54) is 5.57 Å². The predicted molar refractivity (Wildman–Crippen MR) is 69.4 cm³/mol. The topological polar surface area (TPSA) is 58.6 Å². The van der Waals surface area contributed by atoms with Crippen LogP contribution in [0.4, 0.5) is 0 Å². The highest BCUT2D eigenvalue weighted by atomic mass is 16.4. The summed E-state index contributed by atoms with van der Waals surface area (Å²) in [6.45, 7) is 11.4. The molecule has 1 rings (SSSR count). The fraction of sp³-hybridized carbons (Fsp3) is 0.462. The molecule has 0 aromatic rings. The third kappa shape index (κ3) is 3.57. The van der Waals surface area contributed by atoms with Crippen LogP contribution in [0.15, 0.2) is 42.1 Å². The highest BCUT2D eigenvalue weighted by molar-refractivity contribution is 5.83. The zero-order valence-electron chi connectivity index (χ0n) is 10.2. The van der Waals surface area contributed by atoms with Crippen molar-refractivity contribution in [2.45, 2.75) is 26.7 Å². The molecule has 0 amide bonds. The first-order valence-corrected chi connectivity index (χ1v) is 5.65. The third-order valence-electron chi connectivity index (χ3n) is 2.69. The molecule has 0 radical (unpaired) electrons. The van der Waals surface area contributed by atoms with Gasteiger partial charge in [0.15, 0.2) is 0 Å². The van der Waals surface area contributed by atoms with Gasteiger partial charge in [-0.25, -0.2) is 0 Å². The fourth-order valence-corrected chi connectivity index (χ4v) is 1.72. The molecule has 0 aliphatic heterocycles. The van der Waals surface area contributed by atoms with Gasteiger partial charge in [-0.1, -0.05) is 50.4 Å². The number of oxime groups is 1. The molecular weight excluding hydrogens is 200 g/mol. The van der Waals surface area contributed by atoms with Crippen molar-refractivity contribution in [3.05, 3.63) is 37.0 Å². The first kappa shape index (κ1) is 14.5. The largest absolute Gasteiger partial charge is 0.409 e. The summed E-state index contributed by atoms with van der Waals surface area (Å²) in [5, 5.41) is 11.5. The van der Waals surface area contributed by atoms with Gasteiger partial charge < -0.3 is 10.9 Å². The SMILES string of the molecule is C=C/C=C(\C=C)C1CC(/C(N)=N/O)C1.CC. The average Bonchev–Trinajstić information content (AvgIpc) is 2.28. The zero-order chi connectivity index (χ0) is 12.6. The van der Waals surface area contributed by atoms with Crippen LogP contribution in [0, 0.1) is 11.8 Å². The lowest BCUT2D eigenvalue weighted by Crippen LogP contribution is -2.35. The number of rotatable bonds is 4. The van der Waals surface area contributed by atoms with Crippen LogP contribution in [0.1, 0.15) is 26.7 Å². The molecular formula is C13H22N2O. The summed E-state index contributed by atoms with van der Waals surface area (Å²) in [5.41, 5.74) is 6.67. The van der Waals surface area contributed by atoms with E-state index < -0.39 is 0 Å². The van der Waals surface area contributed by atoms with Crippen LogP contribution in [0.5, 0.6) is 0 Å². The van der Waals surface area contributed by atoms with E-state index in [9.17, 15) is 0 Å². The summed E-state index contributed by atoms with van der Waals surface area (Å²) in [6.07, 6.45) is 7.42. The fourth-order valence-electron chi connectivity index (χ4n) is 1.72. The van der Waals surface area contributed by atoms with Gasteiger partial charge in [0.2, 0.25) is 0 Å². The number of allylic oxidation sites excluding steroid dienone is 4. The lowest BCUT2D eigenvalue weighted by molar-refractivity contribution is 0.275. The van der Waals surface area contributed by atoms with Crippen molar-refractivity contribution in [1.29, 1.82) is 0 Å². The van der Waals surface area contributed by atoms with Gasteiger partial charge in [0, 0.05) is 5.92 Å². The monoisotopic (exact) mass is 222 g/mol. The van der Waals surface area contributed by atoms with Gasteiger partial charge in [-0.2, -0.15) is 0 Å². The summed E-state index contributed by atoms with van der Waals surface area (Å²) in [7, 11) is 0. The van der Waals surface area contributed by atoms with Gasteiger partial charge >= 0.3 is 0 Å². The molecule has 3 N–H and O–H groups in total. The molecule has 1 aliphatic rings. The predicted octanol–water partition coefficient (Wildman–Crippen LogP) is 3.08. The van der Waals surface area contributed by atoms with Crippen molar-refractivity contribution in [3.8, 4) is 0 Å². The van der Waals surface area contributed by atoms with E-state index in [0.29, 0.717) is 11.8 Å². The second kappa shape index (κ2) is 7.74. The van der Waals surface area contributed by atoms with E-state index in [1.807, 2.05) is 26.0 Å².